The zero-order valence-corrected chi connectivity index (χ0v) is 18.1. The van der Waals surface area contributed by atoms with Crippen LogP contribution in [-0.2, 0) is 23.9 Å². The van der Waals surface area contributed by atoms with E-state index >= 15 is 0 Å². The minimum atomic E-state index is -0.902. The maximum atomic E-state index is 12.9. The third-order valence-corrected chi connectivity index (χ3v) is 9.27. The van der Waals surface area contributed by atoms with Crippen LogP contribution < -0.4 is 0 Å². The van der Waals surface area contributed by atoms with E-state index in [9.17, 15) is 19.5 Å². The van der Waals surface area contributed by atoms with Crippen molar-refractivity contribution in [3.8, 4) is 0 Å². The summed E-state index contributed by atoms with van der Waals surface area (Å²) >= 11 is 0. The highest BCUT2D eigenvalue weighted by Crippen LogP contribution is 2.69. The molecule has 1 N–H and O–H groups in total. The second-order valence-corrected chi connectivity index (χ2v) is 10.5. The van der Waals surface area contributed by atoms with Crippen molar-refractivity contribution in [3.63, 3.8) is 0 Å². The van der Waals surface area contributed by atoms with Gasteiger partial charge in [0.05, 0.1) is 11.0 Å². The van der Waals surface area contributed by atoms with E-state index in [1.807, 2.05) is 6.92 Å². The molecule has 4 rings (SSSR count). The van der Waals surface area contributed by atoms with Crippen LogP contribution in [0.1, 0.15) is 85.5 Å². The molecule has 0 bridgehead atoms. The van der Waals surface area contributed by atoms with E-state index in [1.54, 1.807) is 0 Å². The summed E-state index contributed by atoms with van der Waals surface area (Å²) in [7, 11) is 0. The summed E-state index contributed by atoms with van der Waals surface area (Å²) in [6.07, 6.45) is 5.62. The van der Waals surface area contributed by atoms with Crippen LogP contribution in [0.15, 0.2) is 0 Å². The minimum Gasteiger partial charge on any atom is -0.462 e. The fourth-order valence-corrected chi connectivity index (χ4v) is 7.75. The maximum Gasteiger partial charge on any atom is 0.303 e. The molecular weight excluding hydrogens is 372 g/mol. The summed E-state index contributed by atoms with van der Waals surface area (Å²) in [5.41, 5.74) is -2.62. The third kappa shape index (κ3) is 2.74. The lowest BCUT2D eigenvalue weighted by molar-refractivity contribution is -0.257. The van der Waals surface area contributed by atoms with Crippen LogP contribution in [0.25, 0.3) is 0 Å². The first-order chi connectivity index (χ1) is 13.5. The molecule has 162 valence electrons. The molecule has 0 aliphatic heterocycles. The summed E-state index contributed by atoms with van der Waals surface area (Å²) in [4.78, 5) is 36.4. The number of Topliss-reactive ketones (excluding diaryl/α,β-unsaturated/α-hetero) is 1. The Balaban J connectivity index is 1.69. The summed E-state index contributed by atoms with van der Waals surface area (Å²) in [6.45, 7) is 7.00. The van der Waals surface area contributed by atoms with Gasteiger partial charge in [-0.25, -0.2) is 0 Å². The van der Waals surface area contributed by atoms with Crippen molar-refractivity contribution in [1.29, 1.82) is 0 Å². The van der Waals surface area contributed by atoms with E-state index in [0.717, 1.165) is 25.7 Å². The lowest BCUT2D eigenvalue weighted by Crippen LogP contribution is -2.68. The number of ether oxygens (including phenoxy) is 2. The van der Waals surface area contributed by atoms with Crippen LogP contribution in [0, 0.1) is 22.7 Å². The zero-order valence-electron chi connectivity index (χ0n) is 18.1. The van der Waals surface area contributed by atoms with Crippen LogP contribution in [0.2, 0.25) is 0 Å². The second kappa shape index (κ2) is 6.53. The lowest BCUT2D eigenvalue weighted by atomic mass is 9.42. The Bertz CT molecular complexity index is 748. The van der Waals surface area contributed by atoms with E-state index in [0.29, 0.717) is 32.1 Å². The van der Waals surface area contributed by atoms with Gasteiger partial charge in [-0.05, 0) is 63.2 Å². The summed E-state index contributed by atoms with van der Waals surface area (Å²) in [5, 5.41) is 11.7. The number of carbonyl (C=O) groups excluding carboxylic acids is 3. The van der Waals surface area contributed by atoms with Gasteiger partial charge < -0.3 is 14.6 Å². The first-order valence-corrected chi connectivity index (χ1v) is 11.1. The van der Waals surface area contributed by atoms with Crippen molar-refractivity contribution < 1.29 is 29.0 Å². The summed E-state index contributed by atoms with van der Waals surface area (Å²) in [6, 6.07) is 0. The Labute approximate surface area is 172 Å². The van der Waals surface area contributed by atoms with Crippen LogP contribution >= 0.6 is 0 Å². The lowest BCUT2D eigenvalue weighted by Gasteiger charge is -2.65. The van der Waals surface area contributed by atoms with Crippen molar-refractivity contribution in [2.24, 2.45) is 22.7 Å². The van der Waals surface area contributed by atoms with Crippen molar-refractivity contribution >= 4 is 17.7 Å². The summed E-state index contributed by atoms with van der Waals surface area (Å²) < 4.78 is 11.5. The normalized spacial score (nSPS) is 48.9. The van der Waals surface area contributed by atoms with Crippen LogP contribution in [0.5, 0.6) is 0 Å². The Kier molecular flexibility index (Phi) is 4.69. The predicted molar refractivity (Wildman–Crippen MR) is 105 cm³/mol. The Hall–Kier alpha value is -1.43. The van der Waals surface area contributed by atoms with Gasteiger partial charge >= 0.3 is 11.9 Å². The smallest absolute Gasteiger partial charge is 0.303 e. The first-order valence-electron chi connectivity index (χ1n) is 11.1. The molecule has 0 amide bonds. The monoisotopic (exact) mass is 406 g/mol. The molecule has 4 fully saturated rings. The molecule has 0 spiro atoms. The SMILES string of the molecule is CC(=O)OC1CC[C@]2(C)[C@H]3CC[C@]4(C)C(=O)CC[C@@]4(OC(C)=O)[C@@H]3CCC2(O)C1. The molecule has 4 aliphatic rings. The largest absolute Gasteiger partial charge is 0.462 e. The molecule has 2 unspecified atom stereocenters. The number of aliphatic hydroxyl groups is 1. The molecule has 0 aromatic heterocycles. The van der Waals surface area contributed by atoms with Crippen molar-refractivity contribution in [2.75, 3.05) is 0 Å². The second-order valence-electron chi connectivity index (χ2n) is 10.5. The molecule has 6 heteroatoms. The standard InChI is InChI=1S/C23H34O6/c1-14(24)28-16-5-9-20(3)17-6-10-21(4)19(26)8-12-23(21,29-15(2)25)18(17)7-11-22(20,27)13-16/h16-18,27H,5-13H2,1-4H3/t16?,17-,18+,20+,21+,22?,23+/m0/s1. The molecule has 0 radical (unpaired) electrons. The van der Waals surface area contributed by atoms with Crippen molar-refractivity contribution in [1.82, 2.24) is 0 Å². The highest BCUT2D eigenvalue weighted by molar-refractivity contribution is 5.89. The van der Waals surface area contributed by atoms with Crippen molar-refractivity contribution in [2.45, 2.75) is 103 Å². The topological polar surface area (TPSA) is 89.9 Å². The molecule has 0 aromatic rings. The van der Waals surface area contributed by atoms with E-state index in [-0.39, 0.29) is 41.1 Å². The van der Waals surface area contributed by atoms with Gasteiger partial charge in [-0.2, -0.15) is 0 Å². The van der Waals surface area contributed by atoms with E-state index < -0.39 is 16.6 Å². The van der Waals surface area contributed by atoms with Crippen LogP contribution in [0.3, 0.4) is 0 Å². The Morgan fingerprint density at radius 1 is 0.966 bits per heavy atom. The van der Waals surface area contributed by atoms with E-state index in [4.69, 9.17) is 9.47 Å². The van der Waals surface area contributed by atoms with E-state index in [2.05, 4.69) is 6.92 Å². The molecule has 29 heavy (non-hydrogen) atoms. The van der Waals surface area contributed by atoms with Gasteiger partial charge in [0.1, 0.15) is 17.5 Å². The molecule has 4 aliphatic carbocycles. The van der Waals surface area contributed by atoms with Gasteiger partial charge in [-0.3, -0.25) is 14.4 Å². The first kappa shape index (κ1) is 20.8. The van der Waals surface area contributed by atoms with Gasteiger partial charge in [-0.15, -0.1) is 0 Å². The molecule has 6 nitrogen and oxygen atoms in total. The number of esters is 2. The maximum absolute atomic E-state index is 12.9. The van der Waals surface area contributed by atoms with Gasteiger partial charge in [0, 0.05) is 32.6 Å². The number of carbonyl (C=O) groups is 3. The Morgan fingerprint density at radius 2 is 1.66 bits per heavy atom. The molecule has 7 atom stereocenters. The zero-order chi connectivity index (χ0) is 21.2. The van der Waals surface area contributed by atoms with Gasteiger partial charge in [0.15, 0.2) is 0 Å². The summed E-state index contributed by atoms with van der Waals surface area (Å²) in [5.74, 6) is -0.162. The highest BCUT2D eigenvalue weighted by atomic mass is 16.6. The number of ketones is 1. The number of fused-ring (bicyclic) bond motifs is 5. The molecule has 0 heterocycles. The fourth-order valence-electron chi connectivity index (χ4n) is 7.75. The molecular formula is C23H34O6. The third-order valence-electron chi connectivity index (χ3n) is 9.27. The van der Waals surface area contributed by atoms with Crippen molar-refractivity contribution in [3.05, 3.63) is 0 Å². The van der Waals surface area contributed by atoms with Gasteiger partial charge in [0.25, 0.3) is 0 Å². The number of hydrogen-bond acceptors (Lipinski definition) is 6. The van der Waals surface area contributed by atoms with Crippen LogP contribution in [-0.4, -0.2) is 40.1 Å². The van der Waals surface area contributed by atoms with Crippen LogP contribution in [0.4, 0.5) is 0 Å². The van der Waals surface area contributed by atoms with Gasteiger partial charge in [-0.1, -0.05) is 6.92 Å². The molecule has 4 saturated carbocycles. The average molecular weight is 407 g/mol. The molecule has 0 aromatic carbocycles. The Morgan fingerprint density at radius 3 is 2.31 bits per heavy atom. The quantitative estimate of drug-likeness (QED) is 0.708. The highest BCUT2D eigenvalue weighted by Gasteiger charge is 2.72. The molecule has 0 saturated heterocycles. The minimum absolute atomic E-state index is 0.0761. The average Bonchev–Trinajstić information content (AvgIpc) is 2.87. The number of hydrogen-bond donors (Lipinski definition) is 1. The van der Waals surface area contributed by atoms with E-state index in [1.165, 1.54) is 13.8 Å². The van der Waals surface area contributed by atoms with Gasteiger partial charge in [0.2, 0.25) is 0 Å². The fraction of sp³-hybridized carbons (Fsp3) is 0.870. The number of rotatable bonds is 2. The predicted octanol–water partition coefficient (Wildman–Crippen LogP) is 3.33.